The van der Waals surface area contributed by atoms with E-state index in [9.17, 15) is 14.3 Å². The molecule has 3 nitrogen and oxygen atoms in total. The molecule has 2 fully saturated rings. The number of hydrogen-bond donors (Lipinski definition) is 1. The summed E-state index contributed by atoms with van der Waals surface area (Å²) < 4.78 is 13.5. The van der Waals surface area contributed by atoms with Crippen LogP contribution in [0.3, 0.4) is 0 Å². The fourth-order valence-corrected chi connectivity index (χ4v) is 3.31. The van der Waals surface area contributed by atoms with E-state index in [1.54, 1.807) is 6.07 Å². The van der Waals surface area contributed by atoms with Gasteiger partial charge in [-0.05, 0) is 43.4 Å². The fourth-order valence-electron chi connectivity index (χ4n) is 3.31. The molecule has 1 aliphatic carbocycles. The quantitative estimate of drug-likeness (QED) is 0.900. The molecule has 1 heterocycles. The number of aliphatic hydroxyl groups excluding tert-OH is 1. The molecule has 0 atom stereocenters. The third-order valence-corrected chi connectivity index (χ3v) is 4.75. The predicted molar refractivity (Wildman–Crippen MR) is 73.7 cm³/mol. The molecule has 0 unspecified atom stereocenters. The molecular weight excluding hydrogens is 257 g/mol. The minimum atomic E-state index is -0.523. The zero-order valence-corrected chi connectivity index (χ0v) is 11.5. The van der Waals surface area contributed by atoms with Crippen LogP contribution in [0.1, 0.15) is 37.7 Å². The first-order valence-electron chi connectivity index (χ1n) is 7.35. The second-order valence-electron chi connectivity index (χ2n) is 5.97. The van der Waals surface area contributed by atoms with E-state index < -0.39 is 5.41 Å². The predicted octanol–water partition coefficient (Wildman–Crippen LogP) is 2.23. The molecule has 1 aromatic carbocycles. The van der Waals surface area contributed by atoms with Gasteiger partial charge in [-0.1, -0.05) is 18.6 Å². The topological polar surface area (TPSA) is 40.5 Å². The van der Waals surface area contributed by atoms with Gasteiger partial charge in [0, 0.05) is 13.1 Å². The first kappa shape index (κ1) is 13.6. The molecule has 1 aliphatic heterocycles. The van der Waals surface area contributed by atoms with Gasteiger partial charge in [-0.3, -0.25) is 4.79 Å². The largest absolute Gasteiger partial charge is 0.393 e. The van der Waals surface area contributed by atoms with Gasteiger partial charge >= 0.3 is 0 Å². The monoisotopic (exact) mass is 277 g/mol. The highest BCUT2D eigenvalue weighted by Crippen LogP contribution is 2.45. The van der Waals surface area contributed by atoms with Crippen molar-refractivity contribution in [3.05, 3.63) is 35.6 Å². The molecule has 108 valence electrons. The highest BCUT2D eigenvalue weighted by atomic mass is 19.1. The number of likely N-dealkylation sites (tertiary alicyclic amines) is 1. The highest BCUT2D eigenvalue weighted by molar-refractivity contribution is 5.89. The number of carbonyl (C=O) groups is 1. The molecule has 1 N–H and O–H groups in total. The lowest BCUT2D eigenvalue weighted by Gasteiger charge is -2.45. The van der Waals surface area contributed by atoms with Crippen molar-refractivity contribution >= 4 is 5.91 Å². The van der Waals surface area contributed by atoms with Crippen LogP contribution in [-0.4, -0.2) is 35.1 Å². The maximum Gasteiger partial charge on any atom is 0.233 e. The van der Waals surface area contributed by atoms with Gasteiger partial charge < -0.3 is 10.0 Å². The van der Waals surface area contributed by atoms with Gasteiger partial charge in [0.15, 0.2) is 0 Å². The molecule has 0 spiro atoms. The van der Waals surface area contributed by atoms with Crippen molar-refractivity contribution in [3.8, 4) is 0 Å². The SMILES string of the molecule is O=C(N1CCC(O)CC1)C1(c2cccc(F)c2)CCC1. The Bertz CT molecular complexity index is 505. The van der Waals surface area contributed by atoms with E-state index in [1.807, 2.05) is 11.0 Å². The van der Waals surface area contributed by atoms with Gasteiger partial charge in [0.25, 0.3) is 0 Å². The third-order valence-electron chi connectivity index (χ3n) is 4.75. The number of halogens is 1. The van der Waals surface area contributed by atoms with Crippen LogP contribution < -0.4 is 0 Å². The maximum atomic E-state index is 13.5. The first-order valence-corrected chi connectivity index (χ1v) is 7.35. The van der Waals surface area contributed by atoms with E-state index in [0.717, 1.165) is 24.8 Å². The average Bonchev–Trinajstić information content (AvgIpc) is 2.38. The lowest BCUT2D eigenvalue weighted by atomic mass is 9.63. The van der Waals surface area contributed by atoms with Crippen molar-refractivity contribution in [2.45, 2.75) is 43.6 Å². The number of aliphatic hydroxyl groups is 1. The molecule has 1 saturated heterocycles. The first-order chi connectivity index (χ1) is 9.62. The van der Waals surface area contributed by atoms with E-state index in [1.165, 1.54) is 12.1 Å². The number of piperidine rings is 1. The van der Waals surface area contributed by atoms with Crippen LogP contribution in [0.4, 0.5) is 4.39 Å². The molecule has 1 saturated carbocycles. The van der Waals surface area contributed by atoms with Gasteiger partial charge in [-0.2, -0.15) is 0 Å². The normalized spacial score (nSPS) is 22.4. The summed E-state index contributed by atoms with van der Waals surface area (Å²) in [6.45, 7) is 1.22. The second kappa shape index (κ2) is 5.17. The Morgan fingerprint density at radius 1 is 1.30 bits per heavy atom. The van der Waals surface area contributed by atoms with Gasteiger partial charge in [-0.15, -0.1) is 0 Å². The summed E-state index contributed by atoms with van der Waals surface area (Å²) >= 11 is 0. The third kappa shape index (κ3) is 2.22. The van der Waals surface area contributed by atoms with E-state index in [2.05, 4.69) is 0 Å². The average molecular weight is 277 g/mol. The van der Waals surface area contributed by atoms with Gasteiger partial charge in [0.2, 0.25) is 5.91 Å². The van der Waals surface area contributed by atoms with Gasteiger partial charge in [-0.25, -0.2) is 4.39 Å². The number of hydrogen-bond acceptors (Lipinski definition) is 2. The van der Waals surface area contributed by atoms with Crippen molar-refractivity contribution in [1.29, 1.82) is 0 Å². The van der Waals surface area contributed by atoms with Crippen LogP contribution in [-0.2, 0) is 10.2 Å². The molecule has 3 rings (SSSR count). The number of amides is 1. The fraction of sp³-hybridized carbons (Fsp3) is 0.562. The molecule has 20 heavy (non-hydrogen) atoms. The van der Waals surface area contributed by atoms with Gasteiger partial charge in [0.05, 0.1) is 11.5 Å². The second-order valence-corrected chi connectivity index (χ2v) is 5.97. The summed E-state index contributed by atoms with van der Waals surface area (Å²) in [7, 11) is 0. The number of benzene rings is 1. The Labute approximate surface area is 118 Å². The minimum Gasteiger partial charge on any atom is -0.393 e. The highest BCUT2D eigenvalue weighted by Gasteiger charge is 2.48. The van der Waals surface area contributed by atoms with Gasteiger partial charge in [0.1, 0.15) is 5.82 Å². The summed E-state index contributed by atoms with van der Waals surface area (Å²) in [6, 6.07) is 6.45. The molecule has 0 radical (unpaired) electrons. The van der Waals surface area contributed by atoms with Crippen LogP contribution in [0.25, 0.3) is 0 Å². The summed E-state index contributed by atoms with van der Waals surface area (Å²) in [4.78, 5) is 14.7. The Morgan fingerprint density at radius 2 is 2.00 bits per heavy atom. The molecule has 2 aliphatic rings. The Hall–Kier alpha value is -1.42. The molecule has 0 bridgehead atoms. The summed E-state index contributed by atoms with van der Waals surface area (Å²) in [5.74, 6) is -0.170. The number of carbonyl (C=O) groups excluding carboxylic acids is 1. The van der Waals surface area contributed by atoms with Crippen molar-refractivity contribution < 1.29 is 14.3 Å². The minimum absolute atomic E-state index is 0.112. The molecule has 4 heteroatoms. The summed E-state index contributed by atoms with van der Waals surface area (Å²) in [5.41, 5.74) is 0.282. The van der Waals surface area contributed by atoms with Crippen LogP contribution in [0.15, 0.2) is 24.3 Å². The van der Waals surface area contributed by atoms with E-state index in [0.29, 0.717) is 25.9 Å². The number of rotatable bonds is 2. The summed E-state index contributed by atoms with van der Waals surface area (Å²) in [6.07, 6.45) is 3.61. The lowest BCUT2D eigenvalue weighted by molar-refractivity contribution is -0.143. The maximum absolute atomic E-state index is 13.5. The van der Waals surface area contributed by atoms with Crippen molar-refractivity contribution in [2.75, 3.05) is 13.1 Å². The zero-order valence-electron chi connectivity index (χ0n) is 11.5. The Kier molecular flexibility index (Phi) is 3.50. The summed E-state index contributed by atoms with van der Waals surface area (Å²) in [5, 5.41) is 9.55. The van der Waals surface area contributed by atoms with Crippen LogP contribution >= 0.6 is 0 Å². The smallest absolute Gasteiger partial charge is 0.233 e. The zero-order chi connectivity index (χ0) is 14.2. The van der Waals surface area contributed by atoms with Crippen LogP contribution in [0.5, 0.6) is 0 Å². The standard InChI is InChI=1S/C16H20FNO2/c17-13-4-1-3-12(11-13)16(7-2-8-16)15(20)18-9-5-14(19)6-10-18/h1,3-4,11,14,19H,2,5-10H2. The van der Waals surface area contributed by atoms with Crippen LogP contribution in [0.2, 0.25) is 0 Å². The molecule has 1 amide bonds. The van der Waals surface area contributed by atoms with Crippen LogP contribution in [0, 0.1) is 5.82 Å². The van der Waals surface area contributed by atoms with Crippen molar-refractivity contribution in [2.24, 2.45) is 0 Å². The van der Waals surface area contributed by atoms with Crippen molar-refractivity contribution in [1.82, 2.24) is 4.90 Å². The molecule has 0 aromatic heterocycles. The molecule has 1 aromatic rings. The van der Waals surface area contributed by atoms with E-state index in [-0.39, 0.29) is 17.8 Å². The molecular formula is C16H20FNO2. The Morgan fingerprint density at radius 3 is 2.55 bits per heavy atom. The van der Waals surface area contributed by atoms with Crippen molar-refractivity contribution in [3.63, 3.8) is 0 Å². The number of nitrogens with zero attached hydrogens (tertiary/aromatic N) is 1. The lowest BCUT2D eigenvalue weighted by Crippen LogP contribution is -2.53. The van der Waals surface area contributed by atoms with E-state index >= 15 is 0 Å². The van der Waals surface area contributed by atoms with E-state index in [4.69, 9.17) is 0 Å². The Balaban J connectivity index is 1.84.